The standard InChI is InChI=1S/C23H28Cl3N3O4S/c1-4-27-23(31)16(2)28(15-17-7-8-19(25)14-21(17)26)22(30)6-5-13-29(34(3,32)33)20-11-9-18(24)10-12-20/h7-12,14,16H,4-6,13,15H2,1-3H3,(H,27,31). The van der Waals surface area contributed by atoms with E-state index in [2.05, 4.69) is 5.32 Å². The third kappa shape index (κ3) is 8.05. The minimum Gasteiger partial charge on any atom is -0.355 e. The summed E-state index contributed by atoms with van der Waals surface area (Å²) >= 11 is 18.2. The zero-order valence-corrected chi connectivity index (χ0v) is 22.3. The maximum absolute atomic E-state index is 13.2. The summed E-state index contributed by atoms with van der Waals surface area (Å²) in [6.07, 6.45) is 1.39. The van der Waals surface area contributed by atoms with Gasteiger partial charge in [0.1, 0.15) is 6.04 Å². The van der Waals surface area contributed by atoms with Crippen LogP contribution in [0.1, 0.15) is 32.3 Å². The lowest BCUT2D eigenvalue weighted by atomic mass is 10.1. The first-order valence-corrected chi connectivity index (χ1v) is 13.7. The average molecular weight is 549 g/mol. The molecule has 0 fully saturated rings. The molecule has 2 rings (SSSR count). The highest BCUT2D eigenvalue weighted by Crippen LogP contribution is 2.24. The molecule has 2 aromatic carbocycles. The van der Waals surface area contributed by atoms with Crippen LogP contribution >= 0.6 is 34.8 Å². The Morgan fingerprint density at radius 1 is 1.03 bits per heavy atom. The summed E-state index contributed by atoms with van der Waals surface area (Å²) in [5, 5.41) is 4.07. The largest absolute Gasteiger partial charge is 0.355 e. The molecule has 0 aliphatic carbocycles. The lowest BCUT2D eigenvalue weighted by Gasteiger charge is -2.29. The molecular weight excluding hydrogens is 521 g/mol. The maximum Gasteiger partial charge on any atom is 0.242 e. The van der Waals surface area contributed by atoms with Crippen LogP contribution in [0.5, 0.6) is 0 Å². The van der Waals surface area contributed by atoms with E-state index in [0.717, 1.165) is 6.26 Å². The predicted octanol–water partition coefficient (Wildman–Crippen LogP) is 4.75. The molecule has 0 saturated carbocycles. The van der Waals surface area contributed by atoms with Crippen LogP contribution in [0.3, 0.4) is 0 Å². The van der Waals surface area contributed by atoms with Crippen molar-refractivity contribution in [2.24, 2.45) is 0 Å². The van der Waals surface area contributed by atoms with Gasteiger partial charge in [0.15, 0.2) is 0 Å². The molecule has 1 atom stereocenters. The topological polar surface area (TPSA) is 86.8 Å². The number of nitrogens with one attached hydrogen (secondary N) is 1. The molecule has 0 bridgehead atoms. The molecule has 0 saturated heterocycles. The SMILES string of the molecule is CCNC(=O)C(C)N(Cc1ccc(Cl)cc1Cl)C(=O)CCCN(c1ccc(Cl)cc1)S(C)(=O)=O. The Kier molecular flexibility index (Phi) is 10.5. The summed E-state index contributed by atoms with van der Waals surface area (Å²) in [6, 6.07) is 10.6. The van der Waals surface area contributed by atoms with Gasteiger partial charge in [-0.25, -0.2) is 8.42 Å². The monoisotopic (exact) mass is 547 g/mol. The number of hydrogen-bond donors (Lipinski definition) is 1. The maximum atomic E-state index is 13.2. The van der Waals surface area contributed by atoms with Crippen LogP contribution in [0.25, 0.3) is 0 Å². The van der Waals surface area contributed by atoms with Crippen molar-refractivity contribution in [1.29, 1.82) is 0 Å². The molecule has 0 spiro atoms. The first kappa shape index (κ1) is 28.2. The first-order valence-electron chi connectivity index (χ1n) is 10.7. The van der Waals surface area contributed by atoms with Crippen molar-refractivity contribution < 1.29 is 18.0 Å². The van der Waals surface area contributed by atoms with Crippen molar-refractivity contribution in [2.75, 3.05) is 23.7 Å². The minimum atomic E-state index is -3.57. The van der Waals surface area contributed by atoms with E-state index < -0.39 is 16.1 Å². The van der Waals surface area contributed by atoms with Gasteiger partial charge in [-0.3, -0.25) is 13.9 Å². The number of amides is 2. The molecule has 0 heterocycles. The fraction of sp³-hybridized carbons (Fsp3) is 0.391. The summed E-state index contributed by atoms with van der Waals surface area (Å²) in [5.74, 6) is -0.589. The number of carbonyl (C=O) groups is 2. The van der Waals surface area contributed by atoms with Gasteiger partial charge in [-0.15, -0.1) is 0 Å². The Bertz CT molecular complexity index is 1110. The quantitative estimate of drug-likeness (QED) is 0.439. The van der Waals surface area contributed by atoms with Gasteiger partial charge < -0.3 is 10.2 Å². The van der Waals surface area contributed by atoms with Gasteiger partial charge in [-0.2, -0.15) is 0 Å². The Balaban J connectivity index is 2.18. The van der Waals surface area contributed by atoms with Gasteiger partial charge in [0.2, 0.25) is 21.8 Å². The zero-order chi connectivity index (χ0) is 25.5. The molecule has 34 heavy (non-hydrogen) atoms. The van der Waals surface area contributed by atoms with Gasteiger partial charge in [0.25, 0.3) is 0 Å². The lowest BCUT2D eigenvalue weighted by Crippen LogP contribution is -2.47. The Labute approximate surface area is 216 Å². The number of carbonyl (C=O) groups excluding carboxylic acids is 2. The number of halogens is 3. The second kappa shape index (κ2) is 12.6. The number of nitrogens with zero attached hydrogens (tertiary/aromatic N) is 2. The van der Waals surface area contributed by atoms with Crippen LogP contribution in [0.2, 0.25) is 15.1 Å². The number of hydrogen-bond acceptors (Lipinski definition) is 4. The van der Waals surface area contributed by atoms with Gasteiger partial charge >= 0.3 is 0 Å². The minimum absolute atomic E-state index is 0.0363. The molecule has 0 radical (unpaired) electrons. The molecule has 7 nitrogen and oxygen atoms in total. The Hall–Kier alpha value is -2.00. The van der Waals surface area contributed by atoms with E-state index in [-0.39, 0.29) is 37.7 Å². The van der Waals surface area contributed by atoms with Crippen molar-refractivity contribution in [3.8, 4) is 0 Å². The summed E-state index contributed by atoms with van der Waals surface area (Å²) < 4.78 is 25.9. The molecule has 0 aliphatic heterocycles. The molecule has 2 aromatic rings. The van der Waals surface area contributed by atoms with Gasteiger partial charge in [-0.1, -0.05) is 40.9 Å². The van der Waals surface area contributed by atoms with E-state index >= 15 is 0 Å². The number of sulfonamides is 1. The third-order valence-electron chi connectivity index (χ3n) is 5.14. The number of benzene rings is 2. The highest BCUT2D eigenvalue weighted by molar-refractivity contribution is 7.92. The lowest BCUT2D eigenvalue weighted by molar-refractivity contribution is -0.140. The Morgan fingerprint density at radius 2 is 1.65 bits per heavy atom. The van der Waals surface area contributed by atoms with Crippen LogP contribution in [0, 0.1) is 0 Å². The van der Waals surface area contributed by atoms with Crippen molar-refractivity contribution in [3.63, 3.8) is 0 Å². The highest BCUT2D eigenvalue weighted by atomic mass is 35.5. The molecule has 1 N–H and O–H groups in total. The highest BCUT2D eigenvalue weighted by Gasteiger charge is 2.27. The summed E-state index contributed by atoms with van der Waals surface area (Å²) in [6.45, 7) is 4.07. The summed E-state index contributed by atoms with van der Waals surface area (Å²) in [4.78, 5) is 27.1. The molecule has 0 aliphatic rings. The number of likely N-dealkylation sites (N-methyl/N-ethyl adjacent to an activating group) is 1. The number of anilines is 1. The fourth-order valence-electron chi connectivity index (χ4n) is 3.35. The molecular formula is C23H28Cl3N3O4S. The molecule has 11 heteroatoms. The molecule has 2 amide bonds. The van der Waals surface area contributed by atoms with Crippen LogP contribution in [-0.2, 0) is 26.2 Å². The van der Waals surface area contributed by atoms with E-state index in [9.17, 15) is 18.0 Å². The number of rotatable bonds is 11. The van der Waals surface area contributed by atoms with Gasteiger partial charge in [0.05, 0.1) is 11.9 Å². The van der Waals surface area contributed by atoms with Crippen LogP contribution in [0.4, 0.5) is 5.69 Å². The predicted molar refractivity (Wildman–Crippen MR) is 138 cm³/mol. The Morgan fingerprint density at radius 3 is 2.21 bits per heavy atom. The van der Waals surface area contributed by atoms with Crippen molar-refractivity contribution in [3.05, 3.63) is 63.1 Å². The smallest absolute Gasteiger partial charge is 0.242 e. The van der Waals surface area contributed by atoms with Crippen molar-refractivity contribution in [2.45, 2.75) is 39.3 Å². The van der Waals surface area contributed by atoms with Crippen LogP contribution in [-0.4, -0.2) is 50.5 Å². The molecule has 0 aromatic heterocycles. The first-order chi connectivity index (χ1) is 15.9. The average Bonchev–Trinajstić information content (AvgIpc) is 2.76. The van der Waals surface area contributed by atoms with E-state index in [1.54, 1.807) is 56.3 Å². The van der Waals surface area contributed by atoms with Crippen LogP contribution in [0.15, 0.2) is 42.5 Å². The van der Waals surface area contributed by atoms with E-state index in [4.69, 9.17) is 34.8 Å². The van der Waals surface area contributed by atoms with Crippen LogP contribution < -0.4 is 9.62 Å². The normalized spacial score (nSPS) is 12.2. The summed E-state index contributed by atoms with van der Waals surface area (Å²) in [5.41, 5.74) is 1.11. The van der Waals surface area contributed by atoms with Crippen molar-refractivity contribution in [1.82, 2.24) is 10.2 Å². The fourth-order valence-corrected chi connectivity index (χ4v) is 4.91. The zero-order valence-electron chi connectivity index (χ0n) is 19.2. The second-order valence-corrected chi connectivity index (χ2v) is 10.9. The molecule has 1 unspecified atom stereocenters. The van der Waals surface area contributed by atoms with Gasteiger partial charge in [-0.05, 0) is 62.2 Å². The molecule has 186 valence electrons. The van der Waals surface area contributed by atoms with E-state index in [0.29, 0.717) is 32.9 Å². The third-order valence-corrected chi connectivity index (χ3v) is 7.17. The van der Waals surface area contributed by atoms with Crippen molar-refractivity contribution >= 4 is 62.3 Å². The van der Waals surface area contributed by atoms with E-state index in [1.165, 1.54) is 9.21 Å². The van der Waals surface area contributed by atoms with Gasteiger partial charge in [0, 0.05) is 41.1 Å². The second-order valence-electron chi connectivity index (χ2n) is 7.74. The summed E-state index contributed by atoms with van der Waals surface area (Å²) in [7, 11) is -3.57. The van der Waals surface area contributed by atoms with E-state index in [1.807, 2.05) is 0 Å².